The van der Waals surface area contributed by atoms with Gasteiger partial charge in [-0.1, -0.05) is 6.07 Å². The van der Waals surface area contributed by atoms with Crippen molar-refractivity contribution in [3.8, 4) is 5.75 Å². The van der Waals surface area contributed by atoms with Crippen LogP contribution in [0.3, 0.4) is 0 Å². The molecule has 0 bridgehead atoms. The van der Waals surface area contributed by atoms with Gasteiger partial charge in [-0.25, -0.2) is 4.39 Å². The van der Waals surface area contributed by atoms with Crippen molar-refractivity contribution in [1.82, 2.24) is 5.43 Å². The van der Waals surface area contributed by atoms with E-state index < -0.39 is 0 Å². The molecule has 0 aliphatic carbocycles. The summed E-state index contributed by atoms with van der Waals surface area (Å²) < 4.78 is 20.3. The zero-order chi connectivity index (χ0) is 13.8. The van der Waals surface area contributed by atoms with E-state index in [1.54, 1.807) is 23.5 Å². The third-order valence-electron chi connectivity index (χ3n) is 2.82. The summed E-state index contributed by atoms with van der Waals surface area (Å²) in [6.07, 6.45) is 0.601. The van der Waals surface area contributed by atoms with Crippen molar-refractivity contribution >= 4 is 27.3 Å². The number of nitrogens with one attached hydrogen (secondary N) is 1. The van der Waals surface area contributed by atoms with E-state index in [0.717, 1.165) is 8.66 Å². The molecular weight excluding hydrogens is 331 g/mol. The fourth-order valence-corrected chi connectivity index (χ4v) is 3.47. The van der Waals surface area contributed by atoms with Gasteiger partial charge in [-0.15, -0.1) is 11.3 Å². The molecule has 3 nitrogen and oxygen atoms in total. The quantitative estimate of drug-likeness (QED) is 0.645. The standard InChI is InChI=1S/C13H14BrFN2OS/c1-18-11-4-2-3-9(15)13(11)10(17-16)7-8-5-6-12(14)19-8/h2-6,10,17H,7,16H2,1H3. The monoisotopic (exact) mass is 344 g/mol. The van der Waals surface area contributed by atoms with Crippen molar-refractivity contribution in [2.45, 2.75) is 12.5 Å². The summed E-state index contributed by atoms with van der Waals surface area (Å²) in [5, 5.41) is 0. The number of benzene rings is 1. The van der Waals surface area contributed by atoms with E-state index in [9.17, 15) is 4.39 Å². The Morgan fingerprint density at radius 1 is 1.42 bits per heavy atom. The number of nitrogens with two attached hydrogens (primary N) is 1. The van der Waals surface area contributed by atoms with Gasteiger partial charge >= 0.3 is 0 Å². The van der Waals surface area contributed by atoms with Crippen molar-refractivity contribution in [3.63, 3.8) is 0 Å². The summed E-state index contributed by atoms with van der Waals surface area (Å²) in [4.78, 5) is 1.11. The number of methoxy groups -OCH3 is 1. The smallest absolute Gasteiger partial charge is 0.131 e. The number of hydrogen-bond donors (Lipinski definition) is 2. The van der Waals surface area contributed by atoms with Gasteiger partial charge in [0.1, 0.15) is 11.6 Å². The van der Waals surface area contributed by atoms with E-state index in [1.807, 2.05) is 12.1 Å². The average molecular weight is 345 g/mol. The minimum absolute atomic E-state index is 0.321. The van der Waals surface area contributed by atoms with Crippen LogP contribution in [0.1, 0.15) is 16.5 Å². The minimum atomic E-state index is -0.332. The summed E-state index contributed by atoms with van der Waals surface area (Å²) in [6, 6.07) is 8.38. The van der Waals surface area contributed by atoms with E-state index in [2.05, 4.69) is 21.4 Å². The first-order valence-corrected chi connectivity index (χ1v) is 7.29. The Bertz CT molecular complexity index is 561. The normalized spacial score (nSPS) is 12.4. The van der Waals surface area contributed by atoms with Gasteiger partial charge in [0, 0.05) is 16.9 Å². The Kier molecular flexibility index (Phi) is 4.93. The van der Waals surface area contributed by atoms with Gasteiger partial charge in [0.2, 0.25) is 0 Å². The van der Waals surface area contributed by atoms with Crippen LogP contribution in [0.2, 0.25) is 0 Å². The first kappa shape index (κ1) is 14.5. The number of ether oxygens (including phenoxy) is 1. The highest BCUT2D eigenvalue weighted by Crippen LogP contribution is 2.32. The van der Waals surface area contributed by atoms with Crippen LogP contribution in [0.5, 0.6) is 5.75 Å². The molecule has 1 heterocycles. The average Bonchev–Trinajstić information content (AvgIpc) is 2.81. The van der Waals surface area contributed by atoms with E-state index in [-0.39, 0.29) is 11.9 Å². The highest BCUT2D eigenvalue weighted by molar-refractivity contribution is 9.11. The molecule has 0 saturated heterocycles. The van der Waals surface area contributed by atoms with Crippen molar-refractivity contribution in [2.75, 3.05) is 7.11 Å². The van der Waals surface area contributed by atoms with Crippen LogP contribution in [-0.4, -0.2) is 7.11 Å². The van der Waals surface area contributed by atoms with E-state index >= 15 is 0 Å². The Morgan fingerprint density at radius 2 is 2.21 bits per heavy atom. The maximum absolute atomic E-state index is 14.0. The second-order valence-corrected chi connectivity index (χ2v) is 6.53. The zero-order valence-corrected chi connectivity index (χ0v) is 12.7. The molecule has 0 aliphatic rings. The molecule has 6 heteroatoms. The van der Waals surface area contributed by atoms with E-state index in [0.29, 0.717) is 17.7 Å². The fourth-order valence-electron chi connectivity index (χ4n) is 1.94. The molecular formula is C13H14BrFN2OS. The number of halogens is 2. The Hall–Kier alpha value is -0.950. The lowest BCUT2D eigenvalue weighted by Crippen LogP contribution is -2.30. The lowest BCUT2D eigenvalue weighted by atomic mass is 10.0. The number of rotatable bonds is 5. The second-order valence-electron chi connectivity index (χ2n) is 3.98. The van der Waals surface area contributed by atoms with Crippen molar-refractivity contribution < 1.29 is 9.13 Å². The molecule has 2 aromatic rings. The third kappa shape index (κ3) is 3.33. The third-order valence-corrected chi connectivity index (χ3v) is 4.46. The first-order chi connectivity index (χ1) is 9.15. The summed E-state index contributed by atoms with van der Waals surface area (Å²) >= 11 is 5.01. The number of hydrazine groups is 1. The first-order valence-electron chi connectivity index (χ1n) is 5.68. The Balaban J connectivity index is 2.31. The maximum Gasteiger partial charge on any atom is 0.131 e. The van der Waals surface area contributed by atoms with Crippen LogP contribution in [0.4, 0.5) is 4.39 Å². The molecule has 3 N–H and O–H groups in total. The molecule has 1 aromatic carbocycles. The summed E-state index contributed by atoms with van der Waals surface area (Å²) in [5.41, 5.74) is 3.12. The molecule has 0 spiro atoms. The largest absolute Gasteiger partial charge is 0.496 e. The molecule has 1 aromatic heterocycles. The van der Waals surface area contributed by atoms with Gasteiger partial charge in [-0.2, -0.15) is 0 Å². The van der Waals surface area contributed by atoms with Crippen molar-refractivity contribution in [3.05, 3.63) is 50.4 Å². The lowest BCUT2D eigenvalue weighted by Gasteiger charge is -2.19. The fraction of sp³-hybridized carbons (Fsp3) is 0.231. The molecule has 2 rings (SSSR count). The van der Waals surface area contributed by atoms with Gasteiger partial charge in [0.15, 0.2) is 0 Å². The zero-order valence-electron chi connectivity index (χ0n) is 10.3. The van der Waals surface area contributed by atoms with Gasteiger partial charge < -0.3 is 4.74 Å². The maximum atomic E-state index is 14.0. The Morgan fingerprint density at radius 3 is 2.79 bits per heavy atom. The van der Waals surface area contributed by atoms with Gasteiger partial charge in [0.05, 0.1) is 16.9 Å². The number of hydrogen-bond acceptors (Lipinski definition) is 4. The van der Waals surface area contributed by atoms with E-state index in [1.165, 1.54) is 13.2 Å². The summed E-state index contributed by atoms with van der Waals surface area (Å²) in [7, 11) is 1.52. The van der Waals surface area contributed by atoms with Crippen LogP contribution in [0, 0.1) is 5.82 Å². The lowest BCUT2D eigenvalue weighted by molar-refractivity contribution is 0.390. The van der Waals surface area contributed by atoms with Crippen molar-refractivity contribution in [2.24, 2.45) is 5.84 Å². The van der Waals surface area contributed by atoms with Crippen LogP contribution < -0.4 is 16.0 Å². The van der Waals surface area contributed by atoms with Crippen LogP contribution >= 0.6 is 27.3 Å². The molecule has 1 unspecified atom stereocenters. The minimum Gasteiger partial charge on any atom is -0.496 e. The second kappa shape index (κ2) is 6.47. The summed E-state index contributed by atoms with van der Waals surface area (Å²) in [6.45, 7) is 0. The molecule has 0 amide bonds. The summed E-state index contributed by atoms with van der Waals surface area (Å²) in [5.74, 6) is 5.75. The topological polar surface area (TPSA) is 47.3 Å². The van der Waals surface area contributed by atoms with Gasteiger partial charge in [-0.3, -0.25) is 11.3 Å². The predicted octanol–water partition coefficient (Wildman–Crippen LogP) is 3.41. The predicted molar refractivity (Wildman–Crippen MR) is 78.7 cm³/mol. The molecule has 0 fully saturated rings. The highest BCUT2D eigenvalue weighted by Gasteiger charge is 2.20. The molecule has 0 saturated carbocycles. The van der Waals surface area contributed by atoms with Crippen LogP contribution in [-0.2, 0) is 6.42 Å². The number of thiophene rings is 1. The van der Waals surface area contributed by atoms with Gasteiger partial charge in [-0.05, 0) is 40.2 Å². The Labute approximate surface area is 123 Å². The van der Waals surface area contributed by atoms with Crippen LogP contribution in [0.25, 0.3) is 0 Å². The molecule has 19 heavy (non-hydrogen) atoms. The molecule has 0 radical (unpaired) electrons. The van der Waals surface area contributed by atoms with Crippen molar-refractivity contribution in [1.29, 1.82) is 0 Å². The molecule has 1 atom stereocenters. The molecule has 0 aliphatic heterocycles. The van der Waals surface area contributed by atoms with Gasteiger partial charge in [0.25, 0.3) is 0 Å². The van der Waals surface area contributed by atoms with E-state index in [4.69, 9.17) is 10.6 Å². The highest BCUT2D eigenvalue weighted by atomic mass is 79.9. The van der Waals surface area contributed by atoms with Crippen LogP contribution in [0.15, 0.2) is 34.1 Å². The molecule has 102 valence electrons. The SMILES string of the molecule is COc1cccc(F)c1C(Cc1ccc(Br)s1)NN.